The second-order valence-corrected chi connectivity index (χ2v) is 5.09. The van der Waals surface area contributed by atoms with E-state index in [4.69, 9.17) is 5.73 Å². The van der Waals surface area contributed by atoms with Crippen LogP contribution in [0.25, 0.3) is 0 Å². The zero-order valence-corrected chi connectivity index (χ0v) is 13.8. The molecule has 1 amide bonds. The Labute approximate surface area is 127 Å². The van der Waals surface area contributed by atoms with Gasteiger partial charge in [0, 0.05) is 19.1 Å². The van der Waals surface area contributed by atoms with Crippen LogP contribution in [0.5, 0.6) is 0 Å². The van der Waals surface area contributed by atoms with Crippen LogP contribution in [0.1, 0.15) is 33.6 Å². The molecule has 0 bridgehead atoms. The molecule has 18 heavy (non-hydrogen) atoms. The van der Waals surface area contributed by atoms with Crippen LogP contribution in [0.15, 0.2) is 4.99 Å². The minimum absolute atomic E-state index is 0. The molecule has 0 spiro atoms. The summed E-state index contributed by atoms with van der Waals surface area (Å²) in [5, 5.41) is 2.79. The number of carbonyl (C=O) groups excluding carboxylic acids is 1. The minimum atomic E-state index is -0.0759. The van der Waals surface area contributed by atoms with E-state index in [1.807, 2.05) is 13.8 Å². The largest absolute Gasteiger partial charge is 0.370 e. The summed E-state index contributed by atoms with van der Waals surface area (Å²) in [5.74, 6) is 1.07. The summed E-state index contributed by atoms with van der Waals surface area (Å²) >= 11 is 0. The van der Waals surface area contributed by atoms with E-state index in [0.717, 1.165) is 19.5 Å². The molecule has 1 atom stereocenters. The number of rotatable bonds is 3. The van der Waals surface area contributed by atoms with Crippen molar-refractivity contribution in [3.05, 3.63) is 0 Å². The zero-order chi connectivity index (χ0) is 12.8. The Hall–Kier alpha value is -0.530. The van der Waals surface area contributed by atoms with Gasteiger partial charge in [0.1, 0.15) is 6.54 Å². The number of nitrogens with two attached hydrogens (primary N) is 1. The zero-order valence-electron chi connectivity index (χ0n) is 11.5. The van der Waals surface area contributed by atoms with Gasteiger partial charge in [-0.05, 0) is 32.6 Å². The van der Waals surface area contributed by atoms with Crippen LogP contribution in [0, 0.1) is 5.92 Å². The molecule has 1 aliphatic heterocycles. The molecular weight excluding hydrogens is 343 g/mol. The summed E-state index contributed by atoms with van der Waals surface area (Å²) in [5.41, 5.74) is 5.89. The number of aliphatic imine (C=N–C) groups is 1. The fourth-order valence-electron chi connectivity index (χ4n) is 2.02. The molecule has 1 unspecified atom stereocenters. The summed E-state index contributed by atoms with van der Waals surface area (Å²) in [6.07, 6.45) is 2.40. The van der Waals surface area contributed by atoms with Crippen molar-refractivity contribution in [1.29, 1.82) is 0 Å². The number of amides is 1. The van der Waals surface area contributed by atoms with Gasteiger partial charge in [0.15, 0.2) is 5.96 Å². The summed E-state index contributed by atoms with van der Waals surface area (Å²) in [6.45, 7) is 8.08. The van der Waals surface area contributed by atoms with Gasteiger partial charge in [0.05, 0.1) is 0 Å². The first-order chi connectivity index (χ1) is 7.99. The van der Waals surface area contributed by atoms with Gasteiger partial charge < -0.3 is 16.0 Å². The number of hydrogen-bond donors (Lipinski definition) is 2. The fourth-order valence-corrected chi connectivity index (χ4v) is 2.02. The van der Waals surface area contributed by atoms with E-state index in [2.05, 4.69) is 22.1 Å². The number of nitrogens with one attached hydrogen (secondary N) is 1. The molecule has 1 fully saturated rings. The maximum atomic E-state index is 11.4. The van der Waals surface area contributed by atoms with Crippen molar-refractivity contribution in [1.82, 2.24) is 10.2 Å². The van der Waals surface area contributed by atoms with Gasteiger partial charge in [-0.2, -0.15) is 0 Å². The lowest BCUT2D eigenvalue weighted by molar-refractivity contribution is -0.120. The van der Waals surface area contributed by atoms with Crippen LogP contribution >= 0.6 is 24.0 Å². The Morgan fingerprint density at radius 2 is 2.22 bits per heavy atom. The maximum Gasteiger partial charge on any atom is 0.242 e. The molecule has 3 N–H and O–H groups in total. The average Bonchev–Trinajstić information content (AvgIpc) is 2.25. The summed E-state index contributed by atoms with van der Waals surface area (Å²) in [4.78, 5) is 17.6. The third-order valence-electron chi connectivity index (χ3n) is 2.82. The van der Waals surface area contributed by atoms with Crippen LogP contribution in [0.2, 0.25) is 0 Å². The molecular formula is C12H25IN4O. The Kier molecular flexibility index (Phi) is 8.30. The van der Waals surface area contributed by atoms with Crippen molar-refractivity contribution in [2.45, 2.75) is 39.7 Å². The van der Waals surface area contributed by atoms with Crippen LogP contribution in [-0.2, 0) is 4.79 Å². The van der Waals surface area contributed by atoms with E-state index in [1.54, 1.807) is 0 Å². The summed E-state index contributed by atoms with van der Waals surface area (Å²) in [6, 6.07) is 0.147. The van der Waals surface area contributed by atoms with Crippen molar-refractivity contribution >= 4 is 35.8 Å². The van der Waals surface area contributed by atoms with Crippen LogP contribution in [0.3, 0.4) is 0 Å². The molecule has 0 aromatic rings. The first kappa shape index (κ1) is 17.5. The number of guanidine groups is 1. The molecule has 106 valence electrons. The Balaban J connectivity index is 0.00000289. The highest BCUT2D eigenvalue weighted by atomic mass is 127. The molecule has 0 saturated carbocycles. The highest BCUT2D eigenvalue weighted by Crippen LogP contribution is 2.14. The molecule has 5 nitrogen and oxygen atoms in total. The predicted octanol–water partition coefficient (Wildman–Crippen LogP) is 1.18. The van der Waals surface area contributed by atoms with Gasteiger partial charge >= 0.3 is 0 Å². The smallest absolute Gasteiger partial charge is 0.242 e. The van der Waals surface area contributed by atoms with Crippen molar-refractivity contribution in [3.63, 3.8) is 0 Å². The second kappa shape index (κ2) is 8.55. The molecule has 0 aromatic heterocycles. The van der Waals surface area contributed by atoms with Gasteiger partial charge in [-0.15, -0.1) is 24.0 Å². The van der Waals surface area contributed by atoms with Gasteiger partial charge in [-0.3, -0.25) is 4.79 Å². The lowest BCUT2D eigenvalue weighted by Crippen LogP contribution is -2.44. The highest BCUT2D eigenvalue weighted by Gasteiger charge is 2.17. The number of hydrogen-bond acceptors (Lipinski definition) is 2. The molecule has 0 radical (unpaired) electrons. The van der Waals surface area contributed by atoms with Crippen molar-refractivity contribution < 1.29 is 4.79 Å². The van der Waals surface area contributed by atoms with E-state index >= 15 is 0 Å². The Morgan fingerprint density at radius 3 is 2.78 bits per heavy atom. The first-order valence-electron chi connectivity index (χ1n) is 6.33. The van der Waals surface area contributed by atoms with Crippen LogP contribution in [0.4, 0.5) is 0 Å². The van der Waals surface area contributed by atoms with Gasteiger partial charge in [-0.1, -0.05) is 6.92 Å². The lowest BCUT2D eigenvalue weighted by Gasteiger charge is -2.31. The SMILES string of the molecule is CC1CCCN(C(N)=NCC(=O)NC(C)C)C1.I. The monoisotopic (exact) mass is 368 g/mol. The Morgan fingerprint density at radius 1 is 1.56 bits per heavy atom. The third-order valence-corrected chi connectivity index (χ3v) is 2.82. The summed E-state index contributed by atoms with van der Waals surface area (Å²) < 4.78 is 0. The van der Waals surface area contributed by atoms with E-state index in [-0.39, 0.29) is 42.5 Å². The summed E-state index contributed by atoms with van der Waals surface area (Å²) in [7, 11) is 0. The molecule has 0 aromatic carbocycles. The topological polar surface area (TPSA) is 70.7 Å². The maximum absolute atomic E-state index is 11.4. The first-order valence-corrected chi connectivity index (χ1v) is 6.33. The van der Waals surface area contributed by atoms with Gasteiger partial charge in [-0.25, -0.2) is 4.99 Å². The molecule has 1 rings (SSSR count). The Bertz CT molecular complexity index is 294. The van der Waals surface area contributed by atoms with Crippen molar-refractivity contribution in [3.8, 4) is 0 Å². The molecule has 1 saturated heterocycles. The molecule has 0 aliphatic carbocycles. The number of carbonyl (C=O) groups is 1. The van der Waals surface area contributed by atoms with Crippen LogP contribution < -0.4 is 11.1 Å². The van der Waals surface area contributed by atoms with E-state index in [9.17, 15) is 4.79 Å². The van der Waals surface area contributed by atoms with Gasteiger partial charge in [0.25, 0.3) is 0 Å². The van der Waals surface area contributed by atoms with Crippen molar-refractivity contribution in [2.75, 3.05) is 19.6 Å². The van der Waals surface area contributed by atoms with Crippen molar-refractivity contribution in [2.24, 2.45) is 16.6 Å². The minimum Gasteiger partial charge on any atom is -0.370 e. The van der Waals surface area contributed by atoms with Gasteiger partial charge in [0.2, 0.25) is 5.91 Å². The van der Waals surface area contributed by atoms with E-state index < -0.39 is 0 Å². The second-order valence-electron chi connectivity index (χ2n) is 5.09. The van der Waals surface area contributed by atoms with E-state index in [1.165, 1.54) is 6.42 Å². The predicted molar refractivity (Wildman–Crippen MR) is 85.2 cm³/mol. The number of likely N-dealkylation sites (tertiary alicyclic amines) is 1. The number of nitrogens with zero attached hydrogens (tertiary/aromatic N) is 2. The molecule has 6 heteroatoms. The van der Waals surface area contributed by atoms with Crippen LogP contribution in [-0.4, -0.2) is 42.4 Å². The number of piperidine rings is 1. The number of halogens is 1. The van der Waals surface area contributed by atoms with E-state index in [0.29, 0.717) is 11.9 Å². The highest BCUT2D eigenvalue weighted by molar-refractivity contribution is 14.0. The average molecular weight is 368 g/mol. The standard InChI is InChI=1S/C12H24N4O.HI/c1-9(2)15-11(17)7-14-12(13)16-6-4-5-10(3)8-16;/h9-10H,4-8H2,1-3H3,(H2,13,14)(H,15,17);1H. The fraction of sp³-hybridized carbons (Fsp3) is 0.833. The molecule has 1 heterocycles. The molecule has 1 aliphatic rings. The normalized spacial score (nSPS) is 20.6. The quantitative estimate of drug-likeness (QED) is 0.447. The third kappa shape index (κ3) is 6.42. The lowest BCUT2D eigenvalue weighted by atomic mass is 10.0.